The summed E-state index contributed by atoms with van der Waals surface area (Å²) in [6.45, 7) is 5.12. The van der Waals surface area contributed by atoms with Crippen molar-refractivity contribution >= 4 is 11.9 Å². The van der Waals surface area contributed by atoms with Crippen LogP contribution in [0.5, 0.6) is 0 Å². The van der Waals surface area contributed by atoms with Crippen LogP contribution in [0.2, 0.25) is 0 Å². The molecule has 6 heteroatoms. The lowest BCUT2D eigenvalue weighted by molar-refractivity contribution is -0.139. The highest BCUT2D eigenvalue weighted by molar-refractivity contribution is 5.79. The average Bonchev–Trinajstić information content (AvgIpc) is 2.28. The van der Waals surface area contributed by atoms with Crippen molar-refractivity contribution in [3.63, 3.8) is 0 Å². The zero-order valence-electron chi connectivity index (χ0n) is 11.0. The first-order valence-electron chi connectivity index (χ1n) is 6.32. The van der Waals surface area contributed by atoms with Crippen molar-refractivity contribution in [2.45, 2.75) is 38.8 Å². The first-order chi connectivity index (χ1) is 8.49. The van der Waals surface area contributed by atoms with Gasteiger partial charge in [0, 0.05) is 25.3 Å². The van der Waals surface area contributed by atoms with Gasteiger partial charge in [0.1, 0.15) is 0 Å². The Morgan fingerprint density at radius 1 is 1.33 bits per heavy atom. The van der Waals surface area contributed by atoms with E-state index in [9.17, 15) is 9.59 Å². The fourth-order valence-electron chi connectivity index (χ4n) is 1.89. The van der Waals surface area contributed by atoms with E-state index < -0.39 is 5.97 Å². The number of ether oxygens (including phenoxy) is 1. The van der Waals surface area contributed by atoms with Gasteiger partial charge in [0.05, 0.1) is 13.1 Å². The number of carboxylic acid groups (broad SMARTS) is 1. The molecule has 104 valence electrons. The minimum absolute atomic E-state index is 0.0292. The molecule has 1 aliphatic rings. The van der Waals surface area contributed by atoms with E-state index in [0.29, 0.717) is 13.2 Å². The van der Waals surface area contributed by atoms with Crippen LogP contribution in [0.1, 0.15) is 26.7 Å². The SMILES string of the molecule is CC(C)N(CC(=O)O)CC(=O)NC1CCOCC1. The van der Waals surface area contributed by atoms with Gasteiger partial charge in [0.2, 0.25) is 5.91 Å². The molecular weight excluding hydrogens is 236 g/mol. The molecule has 1 heterocycles. The first kappa shape index (κ1) is 14.9. The van der Waals surface area contributed by atoms with Gasteiger partial charge >= 0.3 is 5.97 Å². The zero-order chi connectivity index (χ0) is 13.5. The topological polar surface area (TPSA) is 78.9 Å². The molecule has 1 aliphatic heterocycles. The smallest absolute Gasteiger partial charge is 0.317 e. The van der Waals surface area contributed by atoms with Crippen molar-refractivity contribution in [1.82, 2.24) is 10.2 Å². The van der Waals surface area contributed by atoms with Crippen LogP contribution < -0.4 is 5.32 Å². The summed E-state index contributed by atoms with van der Waals surface area (Å²) < 4.78 is 5.21. The third-order valence-electron chi connectivity index (χ3n) is 3.00. The highest BCUT2D eigenvalue weighted by Gasteiger charge is 2.20. The molecule has 0 saturated carbocycles. The molecule has 0 atom stereocenters. The van der Waals surface area contributed by atoms with Crippen molar-refractivity contribution in [3.05, 3.63) is 0 Å². The number of carbonyl (C=O) groups excluding carboxylic acids is 1. The summed E-state index contributed by atoms with van der Waals surface area (Å²) in [6.07, 6.45) is 1.65. The number of nitrogens with zero attached hydrogens (tertiary/aromatic N) is 1. The molecule has 1 saturated heterocycles. The quantitative estimate of drug-likeness (QED) is 0.705. The van der Waals surface area contributed by atoms with Crippen molar-refractivity contribution in [2.75, 3.05) is 26.3 Å². The second kappa shape index (κ2) is 7.33. The van der Waals surface area contributed by atoms with E-state index in [1.807, 2.05) is 13.8 Å². The van der Waals surface area contributed by atoms with Crippen LogP contribution in [0.15, 0.2) is 0 Å². The molecule has 0 aromatic carbocycles. The van der Waals surface area contributed by atoms with Gasteiger partial charge in [-0.25, -0.2) is 0 Å². The van der Waals surface area contributed by atoms with Crippen molar-refractivity contribution in [3.8, 4) is 0 Å². The second-order valence-electron chi connectivity index (χ2n) is 4.85. The Labute approximate surface area is 107 Å². The largest absolute Gasteiger partial charge is 0.480 e. The van der Waals surface area contributed by atoms with Crippen molar-refractivity contribution in [1.29, 1.82) is 0 Å². The van der Waals surface area contributed by atoms with Gasteiger partial charge < -0.3 is 15.2 Å². The summed E-state index contributed by atoms with van der Waals surface area (Å²) in [5.74, 6) is -1.03. The number of nitrogens with one attached hydrogen (secondary N) is 1. The van der Waals surface area contributed by atoms with E-state index in [4.69, 9.17) is 9.84 Å². The molecule has 0 aromatic heterocycles. The molecule has 2 N–H and O–H groups in total. The van der Waals surface area contributed by atoms with Crippen molar-refractivity contribution in [2.24, 2.45) is 0 Å². The van der Waals surface area contributed by atoms with Crippen LogP contribution in [0.25, 0.3) is 0 Å². The van der Waals surface area contributed by atoms with Crippen LogP contribution in [0.3, 0.4) is 0 Å². The summed E-state index contributed by atoms with van der Waals surface area (Å²) in [5.41, 5.74) is 0. The summed E-state index contributed by atoms with van der Waals surface area (Å²) in [7, 11) is 0. The Morgan fingerprint density at radius 3 is 2.44 bits per heavy atom. The highest BCUT2D eigenvalue weighted by atomic mass is 16.5. The fourth-order valence-corrected chi connectivity index (χ4v) is 1.89. The van der Waals surface area contributed by atoms with Gasteiger partial charge in [-0.3, -0.25) is 14.5 Å². The molecule has 0 spiro atoms. The third kappa shape index (κ3) is 5.46. The Bertz CT molecular complexity index is 288. The molecule has 0 bridgehead atoms. The number of carboxylic acids is 1. The maximum Gasteiger partial charge on any atom is 0.317 e. The van der Waals surface area contributed by atoms with Gasteiger partial charge in [-0.15, -0.1) is 0 Å². The lowest BCUT2D eigenvalue weighted by Crippen LogP contribution is -2.47. The molecular formula is C12H22N2O4. The molecule has 0 aromatic rings. The average molecular weight is 258 g/mol. The normalized spacial score (nSPS) is 17.1. The van der Waals surface area contributed by atoms with Crippen molar-refractivity contribution < 1.29 is 19.4 Å². The van der Waals surface area contributed by atoms with E-state index in [2.05, 4.69) is 5.32 Å². The number of carbonyl (C=O) groups is 2. The van der Waals surface area contributed by atoms with E-state index in [-0.39, 0.29) is 31.1 Å². The highest BCUT2D eigenvalue weighted by Crippen LogP contribution is 2.06. The Balaban J connectivity index is 2.37. The maximum absolute atomic E-state index is 11.8. The van der Waals surface area contributed by atoms with Gasteiger partial charge in [0.15, 0.2) is 0 Å². The standard InChI is InChI=1S/C12H22N2O4/c1-9(2)14(8-12(16)17)7-11(15)13-10-3-5-18-6-4-10/h9-10H,3-8H2,1-2H3,(H,13,15)(H,16,17). The summed E-state index contributed by atoms with van der Waals surface area (Å²) in [6, 6.07) is 0.187. The number of amides is 1. The number of rotatable bonds is 6. The number of hydrogen-bond donors (Lipinski definition) is 2. The lowest BCUT2D eigenvalue weighted by Gasteiger charge is -2.27. The third-order valence-corrected chi connectivity index (χ3v) is 3.00. The van der Waals surface area contributed by atoms with Gasteiger partial charge in [-0.05, 0) is 26.7 Å². The molecule has 1 fully saturated rings. The number of hydrogen-bond acceptors (Lipinski definition) is 4. The maximum atomic E-state index is 11.8. The van der Waals surface area contributed by atoms with Crippen LogP contribution in [-0.4, -0.2) is 60.3 Å². The lowest BCUT2D eigenvalue weighted by atomic mass is 10.1. The van der Waals surface area contributed by atoms with Gasteiger partial charge in [-0.1, -0.05) is 0 Å². The molecule has 1 rings (SSSR count). The van der Waals surface area contributed by atoms with Crippen LogP contribution >= 0.6 is 0 Å². The van der Waals surface area contributed by atoms with E-state index >= 15 is 0 Å². The minimum atomic E-state index is -0.914. The van der Waals surface area contributed by atoms with Crippen LogP contribution in [0.4, 0.5) is 0 Å². The van der Waals surface area contributed by atoms with Crippen LogP contribution in [-0.2, 0) is 14.3 Å². The van der Waals surface area contributed by atoms with E-state index in [0.717, 1.165) is 12.8 Å². The summed E-state index contributed by atoms with van der Waals surface area (Å²) >= 11 is 0. The minimum Gasteiger partial charge on any atom is -0.480 e. The first-order valence-corrected chi connectivity index (χ1v) is 6.32. The number of aliphatic carboxylic acids is 1. The van der Waals surface area contributed by atoms with E-state index in [1.165, 1.54) is 0 Å². The molecule has 18 heavy (non-hydrogen) atoms. The predicted octanol–water partition coefficient (Wildman–Crippen LogP) is 0.0766. The van der Waals surface area contributed by atoms with Gasteiger partial charge in [0.25, 0.3) is 0 Å². The second-order valence-corrected chi connectivity index (χ2v) is 4.85. The Kier molecular flexibility index (Phi) is 6.07. The van der Waals surface area contributed by atoms with E-state index in [1.54, 1.807) is 4.90 Å². The predicted molar refractivity (Wildman–Crippen MR) is 66.3 cm³/mol. The van der Waals surface area contributed by atoms with Crippen LogP contribution in [0, 0.1) is 0 Å². The molecule has 6 nitrogen and oxygen atoms in total. The fraction of sp³-hybridized carbons (Fsp3) is 0.833. The Hall–Kier alpha value is -1.14. The monoisotopic (exact) mass is 258 g/mol. The molecule has 0 radical (unpaired) electrons. The zero-order valence-corrected chi connectivity index (χ0v) is 11.0. The molecule has 0 unspecified atom stereocenters. The summed E-state index contributed by atoms with van der Waals surface area (Å²) in [4.78, 5) is 24.2. The van der Waals surface area contributed by atoms with Gasteiger partial charge in [-0.2, -0.15) is 0 Å². The summed E-state index contributed by atoms with van der Waals surface area (Å²) in [5, 5.41) is 11.7. The molecule has 1 amide bonds. The Morgan fingerprint density at radius 2 is 1.94 bits per heavy atom. The molecule has 0 aliphatic carbocycles.